The monoisotopic (exact) mass is 348 g/mol. The lowest BCUT2D eigenvalue weighted by molar-refractivity contribution is 0.102. The standard InChI is InChI=1S/C17H17BrO3/c1-2-20-17-10-14(8-9-15(17)16(19)11-18)21-12-13-6-4-3-5-7-13/h3-10H,2,11-12H2,1H3. The maximum Gasteiger partial charge on any atom is 0.177 e. The molecule has 0 radical (unpaired) electrons. The highest BCUT2D eigenvalue weighted by atomic mass is 79.9. The number of Topliss-reactive ketones (excluding diaryl/α,β-unsaturated/α-hetero) is 1. The highest BCUT2D eigenvalue weighted by Crippen LogP contribution is 2.26. The van der Waals surface area contributed by atoms with Crippen LogP contribution in [0.5, 0.6) is 11.5 Å². The number of hydrogen-bond acceptors (Lipinski definition) is 3. The van der Waals surface area contributed by atoms with Crippen LogP contribution in [0.15, 0.2) is 48.5 Å². The number of halogens is 1. The van der Waals surface area contributed by atoms with Crippen molar-refractivity contribution in [2.75, 3.05) is 11.9 Å². The van der Waals surface area contributed by atoms with E-state index in [0.717, 1.165) is 5.56 Å². The summed E-state index contributed by atoms with van der Waals surface area (Å²) in [4.78, 5) is 11.8. The molecular weight excluding hydrogens is 332 g/mol. The minimum Gasteiger partial charge on any atom is -0.493 e. The lowest BCUT2D eigenvalue weighted by Crippen LogP contribution is -2.05. The summed E-state index contributed by atoms with van der Waals surface area (Å²) < 4.78 is 11.3. The van der Waals surface area contributed by atoms with Gasteiger partial charge in [0.25, 0.3) is 0 Å². The highest BCUT2D eigenvalue weighted by molar-refractivity contribution is 9.09. The van der Waals surface area contributed by atoms with Gasteiger partial charge in [-0.1, -0.05) is 46.3 Å². The fourth-order valence-electron chi connectivity index (χ4n) is 1.91. The first-order chi connectivity index (χ1) is 10.2. The molecule has 0 atom stereocenters. The number of carbonyl (C=O) groups excluding carboxylic acids is 1. The average molecular weight is 349 g/mol. The molecule has 0 aliphatic carbocycles. The quantitative estimate of drug-likeness (QED) is 0.554. The van der Waals surface area contributed by atoms with E-state index >= 15 is 0 Å². The summed E-state index contributed by atoms with van der Waals surface area (Å²) in [6.07, 6.45) is 0. The summed E-state index contributed by atoms with van der Waals surface area (Å²) in [5.74, 6) is 1.24. The van der Waals surface area contributed by atoms with Crippen molar-refractivity contribution in [3.63, 3.8) is 0 Å². The van der Waals surface area contributed by atoms with Crippen molar-refractivity contribution in [2.24, 2.45) is 0 Å². The third-order valence-electron chi connectivity index (χ3n) is 2.92. The molecule has 110 valence electrons. The Bertz CT molecular complexity index is 596. The van der Waals surface area contributed by atoms with E-state index in [1.165, 1.54) is 0 Å². The van der Waals surface area contributed by atoms with Crippen LogP contribution in [-0.2, 0) is 6.61 Å². The summed E-state index contributed by atoms with van der Waals surface area (Å²) in [6.45, 7) is 2.88. The second kappa shape index (κ2) is 7.84. The van der Waals surface area contributed by atoms with E-state index in [0.29, 0.717) is 30.3 Å². The van der Waals surface area contributed by atoms with Crippen LogP contribution >= 0.6 is 15.9 Å². The minimum absolute atomic E-state index is 0.00643. The molecule has 0 N–H and O–H groups in total. The van der Waals surface area contributed by atoms with Gasteiger partial charge in [0.05, 0.1) is 17.5 Å². The first-order valence-corrected chi connectivity index (χ1v) is 7.89. The third-order valence-corrected chi connectivity index (χ3v) is 3.43. The number of ether oxygens (including phenoxy) is 2. The molecule has 21 heavy (non-hydrogen) atoms. The number of rotatable bonds is 7. The lowest BCUT2D eigenvalue weighted by Gasteiger charge is -2.12. The molecule has 0 fully saturated rings. The Morgan fingerprint density at radius 1 is 1.10 bits per heavy atom. The van der Waals surface area contributed by atoms with Crippen LogP contribution in [0.4, 0.5) is 0 Å². The van der Waals surface area contributed by atoms with E-state index in [9.17, 15) is 4.79 Å². The van der Waals surface area contributed by atoms with Gasteiger partial charge in [-0.3, -0.25) is 4.79 Å². The summed E-state index contributed by atoms with van der Waals surface area (Å²) in [5.41, 5.74) is 1.66. The molecule has 4 heteroatoms. The van der Waals surface area contributed by atoms with E-state index in [1.807, 2.05) is 37.3 Å². The van der Waals surface area contributed by atoms with Crippen molar-refractivity contribution in [1.82, 2.24) is 0 Å². The van der Waals surface area contributed by atoms with Gasteiger partial charge in [0.1, 0.15) is 18.1 Å². The van der Waals surface area contributed by atoms with Gasteiger partial charge < -0.3 is 9.47 Å². The normalized spacial score (nSPS) is 10.2. The lowest BCUT2D eigenvalue weighted by atomic mass is 10.1. The summed E-state index contributed by atoms with van der Waals surface area (Å²) in [5, 5.41) is 0.275. The Morgan fingerprint density at radius 3 is 2.52 bits per heavy atom. The molecule has 0 heterocycles. The summed E-state index contributed by atoms with van der Waals surface area (Å²) in [7, 11) is 0. The van der Waals surface area contributed by atoms with Gasteiger partial charge in [0.15, 0.2) is 5.78 Å². The van der Waals surface area contributed by atoms with Gasteiger partial charge in [0, 0.05) is 6.07 Å². The molecule has 0 unspecified atom stereocenters. The van der Waals surface area contributed by atoms with E-state index in [2.05, 4.69) is 15.9 Å². The summed E-state index contributed by atoms with van der Waals surface area (Å²) in [6, 6.07) is 15.2. The molecule has 0 bridgehead atoms. The molecule has 0 saturated carbocycles. The summed E-state index contributed by atoms with van der Waals surface area (Å²) >= 11 is 3.18. The van der Waals surface area contributed by atoms with Crippen molar-refractivity contribution in [1.29, 1.82) is 0 Å². The Balaban J connectivity index is 2.13. The van der Waals surface area contributed by atoms with E-state index in [4.69, 9.17) is 9.47 Å². The predicted molar refractivity (Wildman–Crippen MR) is 86.5 cm³/mol. The average Bonchev–Trinajstić information content (AvgIpc) is 2.54. The first kappa shape index (κ1) is 15.6. The molecule has 2 aromatic rings. The fraction of sp³-hybridized carbons (Fsp3) is 0.235. The third kappa shape index (κ3) is 4.33. The molecule has 0 aliphatic rings. The van der Waals surface area contributed by atoms with Crippen LogP contribution in [0.2, 0.25) is 0 Å². The topological polar surface area (TPSA) is 35.5 Å². The van der Waals surface area contributed by atoms with Gasteiger partial charge in [-0.05, 0) is 24.6 Å². The Kier molecular flexibility index (Phi) is 5.81. The maximum absolute atomic E-state index is 11.8. The van der Waals surface area contributed by atoms with Crippen LogP contribution in [0.3, 0.4) is 0 Å². The fourth-order valence-corrected chi connectivity index (χ4v) is 2.21. The zero-order valence-electron chi connectivity index (χ0n) is 11.8. The SMILES string of the molecule is CCOc1cc(OCc2ccccc2)ccc1C(=O)CBr. The molecule has 2 rings (SSSR count). The van der Waals surface area contributed by atoms with Crippen molar-refractivity contribution in [3.05, 3.63) is 59.7 Å². The van der Waals surface area contributed by atoms with Crippen LogP contribution in [-0.4, -0.2) is 17.7 Å². The molecule has 0 saturated heterocycles. The largest absolute Gasteiger partial charge is 0.493 e. The molecule has 0 aromatic heterocycles. The van der Waals surface area contributed by atoms with Gasteiger partial charge >= 0.3 is 0 Å². The van der Waals surface area contributed by atoms with Crippen LogP contribution in [0.25, 0.3) is 0 Å². The second-order valence-electron chi connectivity index (χ2n) is 4.42. The molecular formula is C17H17BrO3. The Morgan fingerprint density at radius 2 is 1.86 bits per heavy atom. The Hall–Kier alpha value is -1.81. The van der Waals surface area contributed by atoms with Gasteiger partial charge in [-0.25, -0.2) is 0 Å². The highest BCUT2D eigenvalue weighted by Gasteiger charge is 2.12. The van der Waals surface area contributed by atoms with E-state index in [-0.39, 0.29) is 11.1 Å². The number of carbonyl (C=O) groups is 1. The molecule has 2 aromatic carbocycles. The number of ketones is 1. The van der Waals surface area contributed by atoms with Crippen molar-refractivity contribution < 1.29 is 14.3 Å². The van der Waals surface area contributed by atoms with Gasteiger partial charge in [-0.15, -0.1) is 0 Å². The van der Waals surface area contributed by atoms with Crippen molar-refractivity contribution in [3.8, 4) is 11.5 Å². The van der Waals surface area contributed by atoms with Crippen LogP contribution < -0.4 is 9.47 Å². The zero-order valence-corrected chi connectivity index (χ0v) is 13.4. The zero-order chi connectivity index (χ0) is 15.1. The Labute approximate surface area is 133 Å². The second-order valence-corrected chi connectivity index (χ2v) is 4.98. The molecule has 0 aliphatic heterocycles. The van der Waals surface area contributed by atoms with Gasteiger partial charge in [0.2, 0.25) is 0 Å². The number of hydrogen-bond donors (Lipinski definition) is 0. The minimum atomic E-state index is -0.00643. The number of benzene rings is 2. The van der Waals surface area contributed by atoms with Gasteiger partial charge in [-0.2, -0.15) is 0 Å². The predicted octanol–water partition coefficient (Wildman–Crippen LogP) is 4.24. The van der Waals surface area contributed by atoms with Crippen LogP contribution in [0.1, 0.15) is 22.8 Å². The first-order valence-electron chi connectivity index (χ1n) is 6.77. The van der Waals surface area contributed by atoms with E-state index in [1.54, 1.807) is 18.2 Å². The number of alkyl halides is 1. The van der Waals surface area contributed by atoms with E-state index < -0.39 is 0 Å². The molecule has 3 nitrogen and oxygen atoms in total. The van der Waals surface area contributed by atoms with Crippen molar-refractivity contribution >= 4 is 21.7 Å². The maximum atomic E-state index is 11.8. The molecule has 0 amide bonds. The smallest absolute Gasteiger partial charge is 0.177 e. The van der Waals surface area contributed by atoms with Crippen molar-refractivity contribution in [2.45, 2.75) is 13.5 Å². The van der Waals surface area contributed by atoms with Crippen LogP contribution in [0, 0.1) is 0 Å². The molecule has 0 spiro atoms.